The Balaban J connectivity index is 2.04. The summed E-state index contributed by atoms with van der Waals surface area (Å²) in [5.74, 6) is 0.598. The molecule has 3 heteroatoms. The summed E-state index contributed by atoms with van der Waals surface area (Å²) in [7, 11) is 0. The maximum absolute atomic E-state index is 5.39. The van der Waals surface area contributed by atoms with E-state index in [1.807, 2.05) is 11.8 Å². The molecule has 1 saturated heterocycles. The van der Waals surface area contributed by atoms with E-state index in [9.17, 15) is 0 Å². The molecule has 0 aromatic heterocycles. The molecule has 0 saturated carbocycles. The van der Waals surface area contributed by atoms with E-state index in [-0.39, 0.29) is 0 Å². The monoisotopic (exact) mass is 185 g/mol. The third-order valence-electron chi connectivity index (χ3n) is 2.32. The van der Waals surface area contributed by atoms with E-state index in [2.05, 4.69) is 18.8 Å². The van der Waals surface area contributed by atoms with Crippen LogP contribution in [0.4, 0.5) is 0 Å². The van der Waals surface area contributed by atoms with Crippen molar-refractivity contribution in [2.24, 2.45) is 10.9 Å². The summed E-state index contributed by atoms with van der Waals surface area (Å²) >= 11 is 1.97. The molecule has 1 fully saturated rings. The molecule has 0 amide bonds. The van der Waals surface area contributed by atoms with Crippen LogP contribution < -0.4 is 0 Å². The highest BCUT2D eigenvalue weighted by atomic mass is 32.2. The predicted octanol–water partition coefficient (Wildman–Crippen LogP) is 1.95. The van der Waals surface area contributed by atoms with Crippen molar-refractivity contribution in [2.75, 3.05) is 13.2 Å². The van der Waals surface area contributed by atoms with Crippen LogP contribution in [0.25, 0.3) is 0 Å². The highest BCUT2D eigenvalue weighted by Gasteiger charge is 2.33. The zero-order chi connectivity index (χ0) is 8.55. The Morgan fingerprint density at radius 3 is 3.08 bits per heavy atom. The van der Waals surface area contributed by atoms with Crippen LogP contribution in [0, 0.1) is 5.92 Å². The SMILES string of the molecule is CC(C)C1=NC2COCCC2S1. The van der Waals surface area contributed by atoms with Gasteiger partial charge in [-0.05, 0) is 6.42 Å². The maximum Gasteiger partial charge on any atom is 0.0865 e. The molecule has 12 heavy (non-hydrogen) atoms. The van der Waals surface area contributed by atoms with E-state index in [0.29, 0.717) is 12.0 Å². The Morgan fingerprint density at radius 2 is 2.42 bits per heavy atom. The van der Waals surface area contributed by atoms with Crippen molar-refractivity contribution in [3.8, 4) is 0 Å². The fourth-order valence-electron chi connectivity index (χ4n) is 1.60. The molecule has 2 heterocycles. The van der Waals surface area contributed by atoms with Crippen LogP contribution in [0.3, 0.4) is 0 Å². The van der Waals surface area contributed by atoms with Gasteiger partial charge in [0.25, 0.3) is 0 Å². The van der Waals surface area contributed by atoms with Gasteiger partial charge in [0.15, 0.2) is 0 Å². The average Bonchev–Trinajstić information content (AvgIpc) is 2.46. The number of nitrogens with zero attached hydrogens (tertiary/aromatic N) is 1. The first-order valence-electron chi connectivity index (χ1n) is 4.59. The van der Waals surface area contributed by atoms with Gasteiger partial charge in [-0.3, -0.25) is 4.99 Å². The first kappa shape index (κ1) is 8.57. The number of rotatable bonds is 1. The van der Waals surface area contributed by atoms with Crippen LogP contribution in [-0.4, -0.2) is 29.5 Å². The number of fused-ring (bicyclic) bond motifs is 1. The second-order valence-electron chi connectivity index (χ2n) is 3.71. The van der Waals surface area contributed by atoms with E-state index < -0.39 is 0 Å². The first-order valence-corrected chi connectivity index (χ1v) is 5.47. The van der Waals surface area contributed by atoms with Gasteiger partial charge in [0.2, 0.25) is 0 Å². The number of ether oxygens (including phenoxy) is 1. The van der Waals surface area contributed by atoms with E-state index in [4.69, 9.17) is 4.74 Å². The predicted molar refractivity (Wildman–Crippen MR) is 52.9 cm³/mol. The van der Waals surface area contributed by atoms with Gasteiger partial charge in [0.1, 0.15) is 0 Å². The van der Waals surface area contributed by atoms with Crippen molar-refractivity contribution < 1.29 is 4.74 Å². The van der Waals surface area contributed by atoms with Crippen LogP contribution in [-0.2, 0) is 4.74 Å². The van der Waals surface area contributed by atoms with E-state index in [1.54, 1.807) is 0 Å². The van der Waals surface area contributed by atoms with Crippen molar-refractivity contribution in [1.82, 2.24) is 0 Å². The summed E-state index contributed by atoms with van der Waals surface area (Å²) in [4.78, 5) is 4.66. The van der Waals surface area contributed by atoms with Gasteiger partial charge in [-0.15, -0.1) is 11.8 Å². The summed E-state index contributed by atoms with van der Waals surface area (Å²) in [5.41, 5.74) is 0. The van der Waals surface area contributed by atoms with Crippen molar-refractivity contribution in [3.63, 3.8) is 0 Å². The van der Waals surface area contributed by atoms with Gasteiger partial charge in [-0.2, -0.15) is 0 Å². The van der Waals surface area contributed by atoms with E-state index in [0.717, 1.165) is 18.5 Å². The van der Waals surface area contributed by atoms with Gasteiger partial charge in [0, 0.05) is 17.8 Å². The number of aliphatic imine (C=N–C) groups is 1. The standard InChI is InChI=1S/C9H15NOS/c1-6(2)9-10-7-5-11-4-3-8(7)12-9/h6-8H,3-5H2,1-2H3. The first-order chi connectivity index (χ1) is 5.77. The summed E-state index contributed by atoms with van der Waals surface area (Å²) < 4.78 is 5.39. The minimum absolute atomic E-state index is 0.459. The third kappa shape index (κ3) is 1.52. The lowest BCUT2D eigenvalue weighted by atomic mass is 10.1. The molecule has 2 aliphatic rings. The largest absolute Gasteiger partial charge is 0.379 e. The normalized spacial score (nSPS) is 35.1. The maximum atomic E-state index is 5.39. The molecule has 2 atom stereocenters. The van der Waals surface area contributed by atoms with E-state index in [1.165, 1.54) is 11.5 Å². The Hall–Kier alpha value is -0.0200. The third-order valence-corrected chi connectivity index (χ3v) is 3.99. The zero-order valence-corrected chi connectivity index (χ0v) is 8.43. The quantitative estimate of drug-likeness (QED) is 0.622. The lowest BCUT2D eigenvalue weighted by Gasteiger charge is -2.22. The summed E-state index contributed by atoms with van der Waals surface area (Å²) in [5, 5.41) is 2.05. The molecule has 2 rings (SSSR count). The van der Waals surface area contributed by atoms with Gasteiger partial charge in [-0.25, -0.2) is 0 Å². The Bertz CT molecular complexity index is 203. The summed E-state index contributed by atoms with van der Waals surface area (Å²) in [6.45, 7) is 6.19. The van der Waals surface area contributed by atoms with Crippen LogP contribution >= 0.6 is 11.8 Å². The highest BCUT2D eigenvalue weighted by molar-refractivity contribution is 8.14. The molecule has 0 aromatic carbocycles. The Labute approximate surface area is 77.8 Å². The molecule has 0 radical (unpaired) electrons. The Kier molecular flexibility index (Phi) is 2.42. The number of hydrogen-bond donors (Lipinski definition) is 0. The topological polar surface area (TPSA) is 21.6 Å². The number of hydrogen-bond acceptors (Lipinski definition) is 3. The van der Waals surface area contributed by atoms with Gasteiger partial charge < -0.3 is 4.74 Å². The smallest absolute Gasteiger partial charge is 0.0865 e. The van der Waals surface area contributed by atoms with Crippen molar-refractivity contribution >= 4 is 16.8 Å². The minimum atomic E-state index is 0.459. The molecule has 2 nitrogen and oxygen atoms in total. The van der Waals surface area contributed by atoms with Gasteiger partial charge in [-0.1, -0.05) is 13.8 Å². The molecule has 0 bridgehead atoms. The summed E-state index contributed by atoms with van der Waals surface area (Å²) in [6, 6.07) is 0.459. The van der Waals surface area contributed by atoms with Crippen LogP contribution in [0.1, 0.15) is 20.3 Å². The fraction of sp³-hybridized carbons (Fsp3) is 0.889. The van der Waals surface area contributed by atoms with Crippen LogP contribution in [0.2, 0.25) is 0 Å². The van der Waals surface area contributed by atoms with E-state index >= 15 is 0 Å². The molecule has 68 valence electrons. The summed E-state index contributed by atoms with van der Waals surface area (Å²) in [6.07, 6.45) is 1.18. The molecular weight excluding hydrogens is 170 g/mol. The second kappa shape index (κ2) is 3.38. The van der Waals surface area contributed by atoms with Crippen molar-refractivity contribution in [1.29, 1.82) is 0 Å². The molecule has 2 unspecified atom stereocenters. The second-order valence-corrected chi connectivity index (χ2v) is 4.97. The molecular formula is C9H15NOS. The Morgan fingerprint density at radius 1 is 1.58 bits per heavy atom. The lowest BCUT2D eigenvalue weighted by molar-refractivity contribution is 0.0876. The highest BCUT2D eigenvalue weighted by Crippen LogP contribution is 2.34. The zero-order valence-electron chi connectivity index (χ0n) is 7.62. The minimum Gasteiger partial charge on any atom is -0.379 e. The fourth-order valence-corrected chi connectivity index (χ4v) is 2.88. The lowest BCUT2D eigenvalue weighted by Crippen LogP contribution is -2.30. The van der Waals surface area contributed by atoms with Gasteiger partial charge in [0.05, 0.1) is 17.7 Å². The molecule has 0 spiro atoms. The number of thioether (sulfide) groups is 1. The van der Waals surface area contributed by atoms with Crippen LogP contribution in [0.15, 0.2) is 4.99 Å². The molecule has 0 aliphatic carbocycles. The van der Waals surface area contributed by atoms with Crippen molar-refractivity contribution in [2.45, 2.75) is 31.6 Å². The van der Waals surface area contributed by atoms with Gasteiger partial charge >= 0.3 is 0 Å². The van der Waals surface area contributed by atoms with Crippen molar-refractivity contribution in [3.05, 3.63) is 0 Å². The molecule has 0 aromatic rings. The average molecular weight is 185 g/mol. The molecule has 0 N–H and O–H groups in total. The van der Waals surface area contributed by atoms with Crippen LogP contribution in [0.5, 0.6) is 0 Å². The molecule has 2 aliphatic heterocycles.